The van der Waals surface area contributed by atoms with Gasteiger partial charge in [0.25, 0.3) is 0 Å². The standard InChI is InChI=1S/C25H41N4O7PS/c1-10-36-37(8,33)18-15-16(28-38(9,34)35)11-12-17(18)26-21(27-37)19-20(30)25(32,24(5,6)7)29(22(19)31)14-13-23(2,3)4/h11-12,15,28,30,32-33H,10,13-14H2,1-9H3,(H,26,27). The normalized spacial score (nSPS) is 24.3. The monoisotopic (exact) mass is 572 g/mol. The summed E-state index contributed by atoms with van der Waals surface area (Å²) in [7, 11) is -8.22. The first-order chi connectivity index (χ1) is 17.0. The molecule has 2 heterocycles. The Balaban J connectivity index is 2.21. The zero-order chi connectivity index (χ0) is 29.1. The predicted octanol–water partition coefficient (Wildman–Crippen LogP) is 3.29. The van der Waals surface area contributed by atoms with Crippen molar-refractivity contribution in [2.75, 3.05) is 36.1 Å². The number of carbonyl (C=O) groups excluding carboxylic acids is 1. The number of benzene rings is 1. The van der Waals surface area contributed by atoms with Crippen molar-refractivity contribution in [3.05, 3.63) is 29.5 Å². The average molecular weight is 573 g/mol. The van der Waals surface area contributed by atoms with E-state index in [1.807, 2.05) is 20.8 Å². The van der Waals surface area contributed by atoms with Crippen molar-refractivity contribution in [2.45, 2.75) is 60.6 Å². The van der Waals surface area contributed by atoms with Crippen LogP contribution in [0.1, 0.15) is 54.9 Å². The Morgan fingerprint density at radius 3 is 2.32 bits per heavy atom. The molecule has 0 radical (unpaired) electrons. The summed E-state index contributed by atoms with van der Waals surface area (Å²) in [6.07, 6.45) is 1.57. The van der Waals surface area contributed by atoms with Crippen molar-refractivity contribution in [3.63, 3.8) is 0 Å². The molecule has 1 unspecified atom stereocenters. The maximum atomic E-state index is 13.8. The van der Waals surface area contributed by atoms with Crippen molar-refractivity contribution in [2.24, 2.45) is 15.6 Å². The zero-order valence-electron chi connectivity index (χ0n) is 23.6. The van der Waals surface area contributed by atoms with Gasteiger partial charge in [-0.05, 0) is 0 Å². The summed E-state index contributed by atoms with van der Waals surface area (Å²) in [5, 5.41) is 26.5. The van der Waals surface area contributed by atoms with Crippen molar-refractivity contribution in [1.29, 1.82) is 0 Å². The minimum absolute atomic E-state index is 0.0629. The third-order valence-corrected chi connectivity index (χ3v) is 10.3. The number of aliphatic hydroxyl groups excluding tert-OH is 1. The number of nitrogens with one attached hydrogen (secondary N) is 2. The molecule has 0 saturated carbocycles. The molecule has 0 fully saturated rings. The van der Waals surface area contributed by atoms with E-state index in [2.05, 4.69) is 14.8 Å². The minimum atomic E-state index is -4.63. The summed E-state index contributed by atoms with van der Waals surface area (Å²) in [4.78, 5) is 27.1. The Hall–Kier alpha value is -2.24. The van der Waals surface area contributed by atoms with Gasteiger partial charge in [-0.25, -0.2) is 0 Å². The predicted molar refractivity (Wildman–Crippen MR) is 152 cm³/mol. The van der Waals surface area contributed by atoms with Gasteiger partial charge >= 0.3 is 225 Å². The summed E-state index contributed by atoms with van der Waals surface area (Å²) in [5.74, 6) is -1.34. The second-order valence-electron chi connectivity index (χ2n) is 12.4. The quantitative estimate of drug-likeness (QED) is 0.311. The van der Waals surface area contributed by atoms with E-state index in [0.717, 1.165) is 6.26 Å². The van der Waals surface area contributed by atoms with E-state index in [1.165, 1.54) is 29.8 Å². The van der Waals surface area contributed by atoms with Gasteiger partial charge in [-0.15, -0.1) is 0 Å². The van der Waals surface area contributed by atoms with Crippen molar-refractivity contribution in [3.8, 4) is 0 Å². The summed E-state index contributed by atoms with van der Waals surface area (Å²) in [6.45, 7) is 14.5. The Labute approximate surface area is 225 Å². The van der Waals surface area contributed by atoms with Crippen LogP contribution in [0.5, 0.6) is 0 Å². The van der Waals surface area contributed by atoms with Crippen LogP contribution in [0.15, 0.2) is 34.3 Å². The van der Waals surface area contributed by atoms with Gasteiger partial charge in [0.05, 0.1) is 0 Å². The molecule has 0 bridgehead atoms. The molecule has 0 spiro atoms. The summed E-state index contributed by atoms with van der Waals surface area (Å²) >= 11 is 0. The van der Waals surface area contributed by atoms with Gasteiger partial charge in [-0.3, -0.25) is 0 Å². The third-order valence-electron chi connectivity index (χ3n) is 6.67. The van der Waals surface area contributed by atoms with Gasteiger partial charge < -0.3 is 0 Å². The van der Waals surface area contributed by atoms with Crippen LogP contribution in [0.25, 0.3) is 0 Å². The average Bonchev–Trinajstić information content (AvgIpc) is 2.91. The molecule has 3 rings (SSSR count). The first kappa shape index (κ1) is 30.3. The second kappa shape index (κ2) is 9.16. The third kappa shape index (κ3) is 5.42. The first-order valence-electron chi connectivity index (χ1n) is 12.4. The molecule has 5 N–H and O–H groups in total. The number of hydrogen-bond donors (Lipinski definition) is 5. The van der Waals surface area contributed by atoms with E-state index in [1.54, 1.807) is 27.7 Å². The van der Waals surface area contributed by atoms with Crippen molar-refractivity contribution < 1.29 is 32.8 Å². The van der Waals surface area contributed by atoms with E-state index in [9.17, 15) is 28.3 Å². The van der Waals surface area contributed by atoms with E-state index >= 15 is 0 Å². The molecule has 13 heteroatoms. The number of hydrogen-bond acceptors (Lipinski definition) is 9. The van der Waals surface area contributed by atoms with Crippen LogP contribution >= 0.6 is 7.21 Å². The molecule has 1 atom stereocenters. The van der Waals surface area contributed by atoms with Crippen molar-refractivity contribution in [1.82, 2.24) is 4.90 Å². The fraction of sp³-hybridized carbons (Fsp3) is 0.600. The van der Waals surface area contributed by atoms with Gasteiger partial charge in [-0.2, -0.15) is 0 Å². The Morgan fingerprint density at radius 1 is 1.21 bits per heavy atom. The topological polar surface area (TPSA) is 161 Å². The number of amides is 1. The molecular weight excluding hydrogens is 531 g/mol. The molecule has 1 aromatic rings. The van der Waals surface area contributed by atoms with Crippen molar-refractivity contribution >= 4 is 45.7 Å². The van der Waals surface area contributed by atoms with Crippen LogP contribution in [0, 0.1) is 10.8 Å². The maximum absolute atomic E-state index is 13.8. The van der Waals surface area contributed by atoms with Gasteiger partial charge in [0.1, 0.15) is 0 Å². The fourth-order valence-electron chi connectivity index (χ4n) is 4.67. The molecule has 11 nitrogen and oxygen atoms in total. The number of aliphatic hydroxyl groups is 2. The van der Waals surface area contributed by atoms with Gasteiger partial charge in [0.15, 0.2) is 0 Å². The molecular formula is C25H41N4O7PS. The molecule has 2 aliphatic rings. The van der Waals surface area contributed by atoms with Gasteiger partial charge in [-0.1, -0.05) is 0 Å². The number of carbonyl (C=O) groups is 1. The number of amidine groups is 1. The van der Waals surface area contributed by atoms with Crippen LogP contribution in [-0.2, 0) is 19.3 Å². The number of anilines is 2. The van der Waals surface area contributed by atoms with Crippen LogP contribution in [0.3, 0.4) is 0 Å². The van der Waals surface area contributed by atoms with E-state index in [4.69, 9.17) is 4.52 Å². The number of nitrogens with zero attached hydrogens (tertiary/aromatic N) is 2. The Bertz CT molecular complexity index is 1330. The van der Waals surface area contributed by atoms with E-state index in [-0.39, 0.29) is 41.0 Å². The fourth-order valence-corrected chi connectivity index (χ4v) is 7.89. The molecule has 38 heavy (non-hydrogen) atoms. The SMILES string of the molecule is CCOP1(C)(O)N=C(C2=C(O)C(O)(C(C)(C)C)N(CCC(C)(C)C)C2=O)Nc2ccc(NS(C)(=O)=O)cc21. The Morgan fingerprint density at radius 2 is 1.82 bits per heavy atom. The summed E-state index contributed by atoms with van der Waals surface area (Å²) in [5.41, 5.74) is -2.88. The molecule has 1 aromatic carbocycles. The molecule has 2 aliphatic heterocycles. The van der Waals surface area contributed by atoms with Crippen LogP contribution in [-0.4, -0.2) is 72.0 Å². The van der Waals surface area contributed by atoms with Gasteiger partial charge in [0.2, 0.25) is 0 Å². The van der Waals surface area contributed by atoms with Crippen LogP contribution in [0.4, 0.5) is 11.4 Å². The molecule has 1 amide bonds. The second-order valence-corrected chi connectivity index (χ2v) is 17.7. The number of sulfonamides is 1. The van der Waals surface area contributed by atoms with E-state index < -0.39 is 40.0 Å². The van der Waals surface area contributed by atoms with Gasteiger partial charge in [0, 0.05) is 0 Å². The molecule has 0 saturated heterocycles. The Kier molecular flexibility index (Phi) is 7.31. The molecule has 214 valence electrons. The summed E-state index contributed by atoms with van der Waals surface area (Å²) in [6, 6.07) is 4.45. The zero-order valence-corrected chi connectivity index (χ0v) is 25.3. The number of rotatable bonds is 7. The van der Waals surface area contributed by atoms with Crippen LogP contribution in [0.2, 0.25) is 0 Å². The first-order valence-corrected chi connectivity index (χ1v) is 16.8. The number of fused-ring (bicyclic) bond motifs is 1. The summed E-state index contributed by atoms with van der Waals surface area (Å²) < 4.78 is 36.3. The molecule has 0 aromatic heterocycles. The van der Waals surface area contributed by atoms with E-state index in [0.29, 0.717) is 12.1 Å². The molecule has 0 aliphatic carbocycles. The van der Waals surface area contributed by atoms with Crippen LogP contribution < -0.4 is 15.3 Å².